The predicted molar refractivity (Wildman–Crippen MR) is 76.7 cm³/mol. The first-order chi connectivity index (χ1) is 9.01. The summed E-state index contributed by atoms with van der Waals surface area (Å²) in [6, 6.07) is 5.61. The normalized spacial score (nSPS) is 10.5. The van der Waals surface area contributed by atoms with E-state index in [1.54, 1.807) is 18.0 Å². The highest BCUT2D eigenvalue weighted by Gasteiger charge is 2.15. The van der Waals surface area contributed by atoms with Crippen molar-refractivity contribution < 1.29 is 9.53 Å². The zero-order chi connectivity index (χ0) is 14.0. The number of halogens is 1. The Morgan fingerprint density at radius 2 is 2.21 bits per heavy atom. The minimum Gasteiger partial charge on any atom is -0.497 e. The largest absolute Gasteiger partial charge is 0.497 e. The number of Topliss-reactive ketones (excluding diaryl/α,β-unsaturated/α-hetero) is 1. The third kappa shape index (κ3) is 3.04. The number of carbonyl (C=O) groups is 1. The number of carbonyl (C=O) groups excluding carboxylic acids is 1. The number of ether oxygens (including phenoxy) is 1. The first-order valence-corrected chi connectivity index (χ1v) is 6.66. The minimum atomic E-state index is 0.0551. The van der Waals surface area contributed by atoms with E-state index in [0.29, 0.717) is 12.0 Å². The molecule has 0 aliphatic carbocycles. The van der Waals surface area contributed by atoms with Crippen molar-refractivity contribution in [3.8, 4) is 5.75 Å². The molecule has 0 aliphatic heterocycles. The van der Waals surface area contributed by atoms with Crippen LogP contribution in [0.1, 0.15) is 21.6 Å². The van der Waals surface area contributed by atoms with Gasteiger partial charge in [-0.25, -0.2) is 0 Å². The van der Waals surface area contributed by atoms with Gasteiger partial charge in [-0.15, -0.1) is 0 Å². The van der Waals surface area contributed by atoms with E-state index in [0.717, 1.165) is 21.5 Å². The number of hydrogen-bond acceptors (Lipinski definition) is 3. The second-order valence-electron chi connectivity index (χ2n) is 4.36. The van der Waals surface area contributed by atoms with Crippen molar-refractivity contribution in [2.75, 3.05) is 7.11 Å². The summed E-state index contributed by atoms with van der Waals surface area (Å²) >= 11 is 3.46. The van der Waals surface area contributed by atoms with Crippen molar-refractivity contribution >= 4 is 21.7 Å². The van der Waals surface area contributed by atoms with Gasteiger partial charge in [0.2, 0.25) is 0 Å². The highest BCUT2D eigenvalue weighted by molar-refractivity contribution is 9.10. The molecule has 1 heterocycles. The number of benzene rings is 1. The molecule has 0 aliphatic rings. The van der Waals surface area contributed by atoms with Gasteiger partial charge in [0.15, 0.2) is 5.78 Å². The first-order valence-electron chi connectivity index (χ1n) is 5.87. The van der Waals surface area contributed by atoms with Crippen LogP contribution in [0.3, 0.4) is 0 Å². The molecule has 0 spiro atoms. The van der Waals surface area contributed by atoms with E-state index in [1.165, 1.54) is 0 Å². The second-order valence-corrected chi connectivity index (χ2v) is 5.21. The van der Waals surface area contributed by atoms with Crippen molar-refractivity contribution in [3.63, 3.8) is 0 Å². The molecule has 100 valence electrons. The third-order valence-electron chi connectivity index (χ3n) is 2.92. The fourth-order valence-corrected chi connectivity index (χ4v) is 2.34. The summed E-state index contributed by atoms with van der Waals surface area (Å²) in [4.78, 5) is 12.3. The molecule has 2 rings (SSSR count). The number of aromatic nitrogens is 2. The van der Waals surface area contributed by atoms with Gasteiger partial charge in [0, 0.05) is 24.1 Å². The zero-order valence-electron chi connectivity index (χ0n) is 11.1. The van der Waals surface area contributed by atoms with Gasteiger partial charge < -0.3 is 4.74 Å². The SMILES string of the molecule is COc1ccc(Br)c(CC(=O)c2cn(C)nc2C)c1. The molecule has 0 saturated carbocycles. The molecule has 2 aromatic rings. The first kappa shape index (κ1) is 13.8. The van der Waals surface area contributed by atoms with Gasteiger partial charge >= 0.3 is 0 Å². The monoisotopic (exact) mass is 322 g/mol. The fourth-order valence-electron chi connectivity index (χ4n) is 1.96. The van der Waals surface area contributed by atoms with Crippen LogP contribution in [0, 0.1) is 6.92 Å². The van der Waals surface area contributed by atoms with Gasteiger partial charge in [0.05, 0.1) is 18.4 Å². The van der Waals surface area contributed by atoms with Crippen LogP contribution in [-0.4, -0.2) is 22.7 Å². The Morgan fingerprint density at radius 1 is 1.47 bits per heavy atom. The molecular formula is C14H15BrN2O2. The van der Waals surface area contributed by atoms with Gasteiger partial charge in [-0.05, 0) is 30.7 Å². The average Bonchev–Trinajstić information content (AvgIpc) is 2.71. The minimum absolute atomic E-state index is 0.0551. The number of ketones is 1. The number of nitrogens with zero attached hydrogens (tertiary/aromatic N) is 2. The number of aryl methyl sites for hydroxylation is 2. The highest BCUT2D eigenvalue weighted by atomic mass is 79.9. The van der Waals surface area contributed by atoms with Crippen molar-refractivity contribution in [1.29, 1.82) is 0 Å². The molecule has 1 aromatic heterocycles. The maximum Gasteiger partial charge on any atom is 0.170 e. The van der Waals surface area contributed by atoms with Gasteiger partial charge in [0.25, 0.3) is 0 Å². The lowest BCUT2D eigenvalue weighted by atomic mass is 10.0. The lowest BCUT2D eigenvalue weighted by molar-refractivity contribution is 0.0992. The molecule has 4 nitrogen and oxygen atoms in total. The summed E-state index contributed by atoms with van der Waals surface area (Å²) in [5.74, 6) is 0.800. The quantitative estimate of drug-likeness (QED) is 0.813. The van der Waals surface area contributed by atoms with Crippen LogP contribution in [0.2, 0.25) is 0 Å². The van der Waals surface area contributed by atoms with Crippen molar-refractivity contribution in [3.05, 3.63) is 45.7 Å². The Hall–Kier alpha value is -1.62. The Balaban J connectivity index is 2.26. The van der Waals surface area contributed by atoms with E-state index in [1.807, 2.05) is 32.2 Å². The van der Waals surface area contributed by atoms with Gasteiger partial charge in [0.1, 0.15) is 5.75 Å². The molecule has 0 bridgehead atoms. The summed E-state index contributed by atoms with van der Waals surface area (Å²) in [6.07, 6.45) is 2.08. The molecule has 0 fully saturated rings. The van der Waals surface area contributed by atoms with Crippen LogP contribution in [0.25, 0.3) is 0 Å². The van der Waals surface area contributed by atoms with Crippen molar-refractivity contribution in [2.45, 2.75) is 13.3 Å². The van der Waals surface area contributed by atoms with Gasteiger partial charge in [-0.2, -0.15) is 5.10 Å². The predicted octanol–water partition coefficient (Wildman–Crippen LogP) is 2.93. The molecule has 19 heavy (non-hydrogen) atoms. The van der Waals surface area contributed by atoms with Crippen LogP contribution >= 0.6 is 15.9 Å². The summed E-state index contributed by atoms with van der Waals surface area (Å²) in [7, 11) is 3.42. The van der Waals surface area contributed by atoms with Crippen LogP contribution < -0.4 is 4.74 Å². The van der Waals surface area contributed by atoms with E-state index in [2.05, 4.69) is 21.0 Å². The maximum atomic E-state index is 12.3. The van der Waals surface area contributed by atoms with E-state index < -0.39 is 0 Å². The van der Waals surface area contributed by atoms with Crippen LogP contribution in [0.4, 0.5) is 0 Å². The number of hydrogen-bond donors (Lipinski definition) is 0. The Kier molecular flexibility index (Phi) is 4.04. The lowest BCUT2D eigenvalue weighted by Gasteiger charge is -2.06. The van der Waals surface area contributed by atoms with Crippen LogP contribution in [-0.2, 0) is 13.5 Å². The Labute approximate surface area is 120 Å². The van der Waals surface area contributed by atoms with Gasteiger partial charge in [-0.1, -0.05) is 15.9 Å². The van der Waals surface area contributed by atoms with Crippen molar-refractivity contribution in [1.82, 2.24) is 9.78 Å². The fraction of sp³-hybridized carbons (Fsp3) is 0.286. The summed E-state index contributed by atoms with van der Waals surface area (Å²) in [5, 5.41) is 4.19. The molecule has 0 unspecified atom stereocenters. The van der Waals surface area contributed by atoms with E-state index in [-0.39, 0.29) is 5.78 Å². The zero-order valence-corrected chi connectivity index (χ0v) is 12.7. The molecule has 0 amide bonds. The van der Waals surface area contributed by atoms with E-state index >= 15 is 0 Å². The second kappa shape index (κ2) is 5.57. The third-order valence-corrected chi connectivity index (χ3v) is 3.69. The number of methoxy groups -OCH3 is 1. The molecule has 0 radical (unpaired) electrons. The highest BCUT2D eigenvalue weighted by Crippen LogP contribution is 2.24. The Bertz CT molecular complexity index is 620. The molecule has 0 atom stereocenters. The molecule has 0 N–H and O–H groups in total. The molecule has 1 aromatic carbocycles. The number of rotatable bonds is 4. The topological polar surface area (TPSA) is 44.1 Å². The molecule has 5 heteroatoms. The standard InChI is InChI=1S/C14H15BrN2O2/c1-9-12(8-17(2)16-9)14(18)7-10-6-11(19-3)4-5-13(10)15/h4-6,8H,7H2,1-3H3. The maximum absolute atomic E-state index is 12.3. The Morgan fingerprint density at radius 3 is 2.79 bits per heavy atom. The van der Waals surface area contributed by atoms with Crippen molar-refractivity contribution in [2.24, 2.45) is 7.05 Å². The smallest absolute Gasteiger partial charge is 0.170 e. The summed E-state index contributed by atoms with van der Waals surface area (Å²) < 4.78 is 7.74. The van der Waals surface area contributed by atoms with Gasteiger partial charge in [-0.3, -0.25) is 9.48 Å². The van der Waals surface area contributed by atoms with E-state index in [9.17, 15) is 4.79 Å². The molecule has 0 saturated heterocycles. The van der Waals surface area contributed by atoms with Crippen LogP contribution in [0.5, 0.6) is 5.75 Å². The average molecular weight is 323 g/mol. The van der Waals surface area contributed by atoms with Crippen LogP contribution in [0.15, 0.2) is 28.9 Å². The summed E-state index contributed by atoms with van der Waals surface area (Å²) in [5.41, 5.74) is 2.33. The lowest BCUT2D eigenvalue weighted by Crippen LogP contribution is -2.05. The van der Waals surface area contributed by atoms with E-state index in [4.69, 9.17) is 4.74 Å². The molecular weight excluding hydrogens is 308 g/mol. The summed E-state index contributed by atoms with van der Waals surface area (Å²) in [6.45, 7) is 1.84.